The largest absolute Gasteiger partial charge is 0.485 e. The predicted octanol–water partition coefficient (Wildman–Crippen LogP) is 2.36. The second kappa shape index (κ2) is 9.06. The van der Waals surface area contributed by atoms with Gasteiger partial charge in [0.05, 0.1) is 4.90 Å². The Kier molecular flexibility index (Phi) is 6.24. The molecule has 1 N–H and O–H groups in total. The molecule has 1 amide bonds. The first-order valence-electron chi connectivity index (χ1n) is 10.3. The van der Waals surface area contributed by atoms with Crippen LogP contribution in [0.4, 0.5) is 0 Å². The molecule has 4 rings (SSSR count). The highest BCUT2D eigenvalue weighted by atomic mass is 32.2. The van der Waals surface area contributed by atoms with Crippen molar-refractivity contribution < 1.29 is 22.7 Å². The molecule has 1 atom stereocenters. The Morgan fingerprint density at radius 3 is 2.57 bits per heavy atom. The first-order chi connectivity index (χ1) is 14.5. The van der Waals surface area contributed by atoms with E-state index in [9.17, 15) is 13.2 Å². The van der Waals surface area contributed by atoms with Crippen molar-refractivity contribution in [3.8, 4) is 11.5 Å². The average molecular weight is 431 g/mol. The minimum absolute atomic E-state index is 0.0698. The number of rotatable bonds is 6. The molecule has 8 heteroatoms. The van der Waals surface area contributed by atoms with Crippen molar-refractivity contribution in [2.24, 2.45) is 0 Å². The molecule has 0 bridgehead atoms. The number of sulfonamides is 1. The highest BCUT2D eigenvalue weighted by molar-refractivity contribution is 7.89. The van der Waals surface area contributed by atoms with Gasteiger partial charge < -0.3 is 14.4 Å². The molecular weight excluding hydrogens is 404 g/mol. The Balaban J connectivity index is 1.38. The first kappa shape index (κ1) is 20.7. The van der Waals surface area contributed by atoms with Crippen LogP contribution in [0.1, 0.15) is 24.8 Å². The molecule has 0 aliphatic carbocycles. The molecule has 0 saturated carbocycles. The van der Waals surface area contributed by atoms with Crippen LogP contribution in [0, 0.1) is 0 Å². The number of nitrogens with one attached hydrogen (secondary N) is 1. The summed E-state index contributed by atoms with van der Waals surface area (Å²) >= 11 is 0. The average Bonchev–Trinajstić information content (AvgIpc) is 2.79. The number of fused-ring (bicyclic) bond motifs is 1. The number of hydrogen-bond donors (Lipinski definition) is 1. The Morgan fingerprint density at radius 1 is 1.03 bits per heavy atom. The van der Waals surface area contributed by atoms with Gasteiger partial charge in [0.1, 0.15) is 6.61 Å². The molecule has 2 aliphatic rings. The van der Waals surface area contributed by atoms with Crippen LogP contribution < -0.4 is 14.2 Å². The lowest BCUT2D eigenvalue weighted by Gasteiger charge is -2.32. The Labute approximate surface area is 177 Å². The molecule has 1 saturated heterocycles. The number of piperidine rings is 1. The van der Waals surface area contributed by atoms with Crippen molar-refractivity contribution >= 4 is 15.9 Å². The molecule has 7 nitrogen and oxygen atoms in total. The van der Waals surface area contributed by atoms with Gasteiger partial charge >= 0.3 is 0 Å². The summed E-state index contributed by atoms with van der Waals surface area (Å²) in [7, 11) is -3.67. The maximum Gasteiger partial charge on any atom is 0.267 e. The standard InChI is InChI=1S/C22H26N2O5S/c25-22(24-13-5-2-6-14-24)21-16-28-20-15-18(9-10-19(20)29-21)30(26,27)23-12-11-17-7-3-1-4-8-17/h1,3-4,7-10,15,21,23H,2,5-6,11-14,16H2/t21-/m1/s1. The number of nitrogens with zero attached hydrogens (tertiary/aromatic N) is 1. The summed E-state index contributed by atoms with van der Waals surface area (Å²) in [6.45, 7) is 1.87. The third kappa shape index (κ3) is 4.76. The summed E-state index contributed by atoms with van der Waals surface area (Å²) in [5.74, 6) is 0.656. The minimum atomic E-state index is -3.67. The van der Waals surface area contributed by atoms with Crippen LogP contribution in [0.2, 0.25) is 0 Å². The van der Waals surface area contributed by atoms with E-state index >= 15 is 0 Å². The van der Waals surface area contributed by atoms with Crippen LogP contribution in [0.3, 0.4) is 0 Å². The van der Waals surface area contributed by atoms with E-state index in [0.29, 0.717) is 24.5 Å². The van der Waals surface area contributed by atoms with Gasteiger partial charge in [0.2, 0.25) is 16.1 Å². The fourth-order valence-electron chi connectivity index (χ4n) is 3.72. The zero-order valence-corrected chi connectivity index (χ0v) is 17.6. The van der Waals surface area contributed by atoms with Gasteiger partial charge in [-0.05, 0) is 43.4 Å². The molecule has 0 spiro atoms. The van der Waals surface area contributed by atoms with Gasteiger partial charge in [-0.25, -0.2) is 13.1 Å². The van der Waals surface area contributed by atoms with E-state index in [2.05, 4.69) is 4.72 Å². The summed E-state index contributed by atoms with van der Waals surface area (Å²) in [4.78, 5) is 14.6. The molecule has 160 valence electrons. The second-order valence-corrected chi connectivity index (χ2v) is 9.31. The number of likely N-dealkylation sites (tertiary alicyclic amines) is 1. The number of benzene rings is 2. The molecule has 30 heavy (non-hydrogen) atoms. The van der Waals surface area contributed by atoms with E-state index in [1.165, 1.54) is 12.1 Å². The topological polar surface area (TPSA) is 84.9 Å². The van der Waals surface area contributed by atoms with Crippen LogP contribution in [-0.4, -0.2) is 51.6 Å². The van der Waals surface area contributed by atoms with Crippen molar-refractivity contribution in [1.29, 1.82) is 0 Å². The number of hydrogen-bond acceptors (Lipinski definition) is 5. The fourth-order valence-corrected chi connectivity index (χ4v) is 4.76. The van der Waals surface area contributed by atoms with E-state index in [-0.39, 0.29) is 17.4 Å². The van der Waals surface area contributed by atoms with Crippen molar-refractivity contribution in [2.45, 2.75) is 36.7 Å². The summed E-state index contributed by atoms with van der Waals surface area (Å²) in [6.07, 6.45) is 3.07. The predicted molar refractivity (Wildman–Crippen MR) is 112 cm³/mol. The van der Waals surface area contributed by atoms with Crippen LogP contribution in [-0.2, 0) is 21.2 Å². The summed E-state index contributed by atoms with van der Waals surface area (Å²) in [5, 5.41) is 0. The lowest BCUT2D eigenvalue weighted by atomic mass is 10.1. The summed E-state index contributed by atoms with van der Waals surface area (Å²) < 4.78 is 39.4. The number of carbonyl (C=O) groups excluding carboxylic acids is 1. The lowest BCUT2D eigenvalue weighted by Crippen LogP contribution is -2.48. The summed E-state index contributed by atoms with van der Waals surface area (Å²) in [5.41, 5.74) is 1.06. The smallest absolute Gasteiger partial charge is 0.267 e. The monoisotopic (exact) mass is 430 g/mol. The van der Waals surface area contributed by atoms with Gasteiger partial charge in [0, 0.05) is 25.7 Å². The fraction of sp³-hybridized carbons (Fsp3) is 0.409. The SMILES string of the molecule is O=C([C@H]1COc2cc(S(=O)(=O)NCCc3ccccc3)ccc2O1)N1CCCCC1. The van der Waals surface area contributed by atoms with E-state index in [4.69, 9.17) is 9.47 Å². The third-order valence-corrected chi connectivity index (χ3v) is 6.84. The van der Waals surface area contributed by atoms with E-state index in [0.717, 1.165) is 37.9 Å². The number of ether oxygens (including phenoxy) is 2. The van der Waals surface area contributed by atoms with Gasteiger partial charge in [0.15, 0.2) is 11.5 Å². The maximum atomic E-state index is 12.6. The quantitative estimate of drug-likeness (QED) is 0.761. The van der Waals surface area contributed by atoms with Gasteiger partial charge in [0.25, 0.3) is 5.91 Å². The molecular formula is C22H26N2O5S. The molecule has 0 unspecified atom stereocenters. The van der Waals surface area contributed by atoms with Crippen LogP contribution in [0.15, 0.2) is 53.4 Å². The molecule has 2 aliphatic heterocycles. The van der Waals surface area contributed by atoms with Gasteiger partial charge in [-0.1, -0.05) is 30.3 Å². The van der Waals surface area contributed by atoms with Gasteiger partial charge in [-0.15, -0.1) is 0 Å². The van der Waals surface area contributed by atoms with Gasteiger partial charge in [-0.2, -0.15) is 0 Å². The van der Waals surface area contributed by atoms with E-state index < -0.39 is 16.1 Å². The molecule has 0 radical (unpaired) electrons. The normalized spacial score (nSPS) is 18.8. The van der Waals surface area contributed by atoms with E-state index in [1.54, 1.807) is 6.07 Å². The zero-order chi connectivity index (χ0) is 21.0. The number of amides is 1. The molecule has 2 heterocycles. The van der Waals surface area contributed by atoms with Crippen molar-refractivity contribution in [2.75, 3.05) is 26.2 Å². The zero-order valence-electron chi connectivity index (χ0n) is 16.7. The Hall–Kier alpha value is -2.58. The molecule has 2 aromatic rings. The molecule has 0 aromatic heterocycles. The van der Waals surface area contributed by atoms with Crippen LogP contribution >= 0.6 is 0 Å². The van der Waals surface area contributed by atoms with Crippen LogP contribution in [0.5, 0.6) is 11.5 Å². The summed E-state index contributed by atoms with van der Waals surface area (Å²) in [6, 6.07) is 14.2. The third-order valence-electron chi connectivity index (χ3n) is 5.38. The highest BCUT2D eigenvalue weighted by Gasteiger charge is 2.32. The minimum Gasteiger partial charge on any atom is -0.485 e. The maximum absolute atomic E-state index is 12.6. The number of carbonyl (C=O) groups is 1. The molecule has 1 fully saturated rings. The van der Waals surface area contributed by atoms with Crippen molar-refractivity contribution in [3.63, 3.8) is 0 Å². The van der Waals surface area contributed by atoms with E-state index in [1.807, 2.05) is 35.2 Å². The Morgan fingerprint density at radius 2 is 1.80 bits per heavy atom. The highest BCUT2D eigenvalue weighted by Crippen LogP contribution is 2.34. The van der Waals surface area contributed by atoms with Crippen LogP contribution in [0.25, 0.3) is 0 Å². The lowest BCUT2D eigenvalue weighted by molar-refractivity contribution is -0.142. The molecule has 2 aromatic carbocycles. The first-order valence-corrected chi connectivity index (χ1v) is 11.8. The second-order valence-electron chi connectivity index (χ2n) is 7.55. The van der Waals surface area contributed by atoms with Crippen molar-refractivity contribution in [1.82, 2.24) is 9.62 Å². The Bertz CT molecular complexity index is 988. The van der Waals surface area contributed by atoms with Gasteiger partial charge in [-0.3, -0.25) is 4.79 Å². The van der Waals surface area contributed by atoms with Crippen molar-refractivity contribution in [3.05, 3.63) is 54.1 Å².